The van der Waals surface area contributed by atoms with Crippen molar-refractivity contribution in [3.63, 3.8) is 0 Å². The summed E-state index contributed by atoms with van der Waals surface area (Å²) in [6.45, 7) is 6.06. The molecule has 2 heterocycles. The Labute approximate surface area is 155 Å². The van der Waals surface area contributed by atoms with Crippen molar-refractivity contribution >= 4 is 21.6 Å². The van der Waals surface area contributed by atoms with Crippen LogP contribution in [0.2, 0.25) is 0 Å². The topological polar surface area (TPSA) is 67.3 Å². The van der Waals surface area contributed by atoms with Gasteiger partial charge in [0.25, 0.3) is 5.56 Å². The smallest absolute Gasteiger partial charge is 0.328 e. The van der Waals surface area contributed by atoms with Gasteiger partial charge in [0.05, 0.1) is 25.2 Å². The number of methoxy groups -OCH3 is 1. The molecular formula is C19H23N3O3S. The number of nitrogens with zero attached hydrogens (tertiary/aromatic N) is 2. The van der Waals surface area contributed by atoms with Crippen molar-refractivity contribution in [1.29, 1.82) is 0 Å². The molecule has 3 aromatic rings. The summed E-state index contributed by atoms with van der Waals surface area (Å²) in [6, 6.07) is 9.45. The van der Waals surface area contributed by atoms with E-state index in [0.717, 1.165) is 24.4 Å². The number of benzene rings is 1. The molecule has 0 bridgehead atoms. The third kappa shape index (κ3) is 3.45. The highest BCUT2D eigenvalue weighted by Gasteiger charge is 2.21. The van der Waals surface area contributed by atoms with E-state index >= 15 is 0 Å². The van der Waals surface area contributed by atoms with Gasteiger partial charge >= 0.3 is 5.69 Å². The summed E-state index contributed by atoms with van der Waals surface area (Å²) in [6.07, 6.45) is 0. The van der Waals surface area contributed by atoms with Gasteiger partial charge in [-0.15, -0.1) is 11.3 Å². The fourth-order valence-corrected chi connectivity index (χ4v) is 4.05. The predicted molar refractivity (Wildman–Crippen MR) is 105 cm³/mol. The zero-order valence-electron chi connectivity index (χ0n) is 15.2. The van der Waals surface area contributed by atoms with Crippen LogP contribution in [-0.2, 0) is 6.54 Å². The first kappa shape index (κ1) is 18.4. The molecule has 0 saturated heterocycles. The third-order valence-corrected chi connectivity index (χ3v) is 5.58. The van der Waals surface area contributed by atoms with Gasteiger partial charge in [0.1, 0.15) is 10.4 Å². The number of H-pyrrole nitrogens is 1. The average Bonchev–Trinajstić information content (AvgIpc) is 3.13. The van der Waals surface area contributed by atoms with E-state index in [2.05, 4.69) is 23.7 Å². The van der Waals surface area contributed by atoms with Crippen LogP contribution in [0.3, 0.4) is 0 Å². The van der Waals surface area contributed by atoms with Crippen LogP contribution in [0.4, 0.5) is 0 Å². The molecule has 6 nitrogen and oxygen atoms in total. The van der Waals surface area contributed by atoms with E-state index in [0.29, 0.717) is 10.2 Å². The van der Waals surface area contributed by atoms with Crippen molar-refractivity contribution in [1.82, 2.24) is 14.5 Å². The quantitative estimate of drug-likeness (QED) is 0.692. The maximum absolute atomic E-state index is 12.8. The van der Waals surface area contributed by atoms with Gasteiger partial charge in [0.15, 0.2) is 0 Å². The van der Waals surface area contributed by atoms with E-state index in [4.69, 9.17) is 4.74 Å². The molecule has 0 spiro atoms. The van der Waals surface area contributed by atoms with Crippen molar-refractivity contribution in [2.45, 2.75) is 26.4 Å². The first-order valence-corrected chi connectivity index (χ1v) is 9.55. The van der Waals surface area contributed by atoms with E-state index in [1.165, 1.54) is 15.9 Å². The van der Waals surface area contributed by atoms with Crippen LogP contribution >= 0.6 is 11.3 Å². The second-order valence-corrected chi connectivity index (χ2v) is 6.94. The lowest BCUT2D eigenvalue weighted by Gasteiger charge is -2.30. The molecule has 0 unspecified atom stereocenters. The van der Waals surface area contributed by atoms with Crippen molar-refractivity contribution in [2.75, 3.05) is 20.2 Å². The normalized spacial score (nSPS) is 12.6. The molecule has 1 atom stereocenters. The molecule has 0 aliphatic rings. The second kappa shape index (κ2) is 7.88. The second-order valence-electron chi connectivity index (χ2n) is 6.02. The number of hydrogen-bond donors (Lipinski definition) is 1. The van der Waals surface area contributed by atoms with Gasteiger partial charge in [0.2, 0.25) is 0 Å². The van der Waals surface area contributed by atoms with Crippen LogP contribution in [0.5, 0.6) is 5.75 Å². The largest absolute Gasteiger partial charge is 0.497 e. The molecule has 138 valence electrons. The highest BCUT2D eigenvalue weighted by Crippen LogP contribution is 2.25. The number of ether oxygens (including phenoxy) is 1. The number of aromatic amines is 1. The van der Waals surface area contributed by atoms with Crippen LogP contribution in [0.25, 0.3) is 10.2 Å². The first-order valence-electron chi connectivity index (χ1n) is 8.67. The number of thiophene rings is 1. The highest BCUT2D eigenvalue weighted by atomic mass is 32.1. The van der Waals surface area contributed by atoms with Crippen LogP contribution in [0, 0.1) is 0 Å². The number of aromatic nitrogens is 2. The Morgan fingerprint density at radius 3 is 2.69 bits per heavy atom. The SMILES string of the molecule is CCN(CC)[C@H](Cn1c(=O)[nH]c2ccsc2c1=O)c1cccc(OC)c1. The van der Waals surface area contributed by atoms with Crippen molar-refractivity contribution in [2.24, 2.45) is 0 Å². The van der Waals surface area contributed by atoms with Crippen LogP contribution in [-0.4, -0.2) is 34.7 Å². The van der Waals surface area contributed by atoms with Gasteiger partial charge in [-0.25, -0.2) is 4.79 Å². The number of hydrogen-bond acceptors (Lipinski definition) is 5. The van der Waals surface area contributed by atoms with Gasteiger partial charge in [-0.1, -0.05) is 26.0 Å². The van der Waals surface area contributed by atoms with Gasteiger partial charge in [-0.05, 0) is 42.2 Å². The molecule has 0 radical (unpaired) electrons. The Morgan fingerprint density at radius 1 is 1.23 bits per heavy atom. The molecule has 7 heteroatoms. The van der Waals surface area contributed by atoms with Crippen LogP contribution < -0.4 is 16.0 Å². The van der Waals surface area contributed by atoms with Crippen molar-refractivity contribution < 1.29 is 4.74 Å². The predicted octanol–water partition coefficient (Wildman–Crippen LogP) is 2.84. The molecule has 2 aromatic heterocycles. The summed E-state index contributed by atoms with van der Waals surface area (Å²) in [5.74, 6) is 0.759. The fraction of sp³-hybridized carbons (Fsp3) is 0.368. The molecule has 0 fully saturated rings. The molecule has 0 aliphatic heterocycles. The summed E-state index contributed by atoms with van der Waals surface area (Å²) < 4.78 is 7.23. The average molecular weight is 373 g/mol. The fourth-order valence-electron chi connectivity index (χ4n) is 3.25. The highest BCUT2D eigenvalue weighted by molar-refractivity contribution is 7.17. The first-order chi connectivity index (χ1) is 12.6. The zero-order chi connectivity index (χ0) is 18.7. The molecule has 0 saturated carbocycles. The minimum atomic E-state index is -0.374. The van der Waals surface area contributed by atoms with Crippen LogP contribution in [0.15, 0.2) is 45.3 Å². The monoisotopic (exact) mass is 373 g/mol. The molecule has 1 N–H and O–H groups in total. The Morgan fingerprint density at radius 2 is 2.00 bits per heavy atom. The minimum absolute atomic E-state index is 0.101. The maximum atomic E-state index is 12.8. The lowest BCUT2D eigenvalue weighted by molar-refractivity contribution is 0.194. The Balaban J connectivity index is 2.09. The molecule has 3 rings (SSSR count). The number of fused-ring (bicyclic) bond motifs is 1. The third-order valence-electron chi connectivity index (χ3n) is 4.68. The molecule has 26 heavy (non-hydrogen) atoms. The van der Waals surface area contributed by atoms with Gasteiger partial charge in [0, 0.05) is 0 Å². The molecule has 0 aliphatic carbocycles. The summed E-state index contributed by atoms with van der Waals surface area (Å²) in [4.78, 5) is 30.4. The number of rotatable bonds is 7. The summed E-state index contributed by atoms with van der Waals surface area (Å²) >= 11 is 1.35. The number of nitrogens with one attached hydrogen (secondary N) is 1. The maximum Gasteiger partial charge on any atom is 0.328 e. The number of likely N-dealkylation sites (N-methyl/N-ethyl adjacent to an activating group) is 1. The lowest BCUT2D eigenvalue weighted by Crippen LogP contribution is -2.40. The van der Waals surface area contributed by atoms with Gasteiger partial charge < -0.3 is 9.72 Å². The lowest BCUT2D eigenvalue weighted by atomic mass is 10.0. The van der Waals surface area contributed by atoms with E-state index in [9.17, 15) is 9.59 Å². The molecule has 1 aromatic carbocycles. The Hall–Kier alpha value is -2.38. The van der Waals surface area contributed by atoms with Crippen molar-refractivity contribution in [3.8, 4) is 5.75 Å². The summed E-state index contributed by atoms with van der Waals surface area (Å²) in [5, 5.41) is 1.82. The zero-order valence-corrected chi connectivity index (χ0v) is 16.0. The van der Waals surface area contributed by atoms with E-state index in [1.54, 1.807) is 13.2 Å². The summed E-state index contributed by atoms with van der Waals surface area (Å²) in [7, 11) is 1.63. The van der Waals surface area contributed by atoms with Gasteiger partial charge in [-0.3, -0.25) is 14.3 Å². The van der Waals surface area contributed by atoms with Crippen molar-refractivity contribution in [3.05, 3.63) is 62.1 Å². The van der Waals surface area contributed by atoms with Gasteiger partial charge in [-0.2, -0.15) is 0 Å². The standard InChI is InChI=1S/C19H23N3O3S/c1-4-21(5-2)16(13-7-6-8-14(11-13)25-3)12-22-18(23)17-15(9-10-26-17)20-19(22)24/h6-11,16H,4-5,12H2,1-3H3,(H,20,24)/t16-/m1/s1. The van der Waals surface area contributed by atoms with E-state index < -0.39 is 0 Å². The molecule has 0 amide bonds. The Bertz CT molecular complexity index is 1000. The van der Waals surface area contributed by atoms with E-state index in [-0.39, 0.29) is 23.8 Å². The van der Waals surface area contributed by atoms with E-state index in [1.807, 2.05) is 29.6 Å². The minimum Gasteiger partial charge on any atom is -0.497 e. The summed E-state index contributed by atoms with van der Waals surface area (Å²) in [5.41, 5.74) is 1.01. The molecular weight excluding hydrogens is 350 g/mol. The Kier molecular flexibility index (Phi) is 5.58. The van der Waals surface area contributed by atoms with Crippen LogP contribution in [0.1, 0.15) is 25.5 Å².